The lowest BCUT2D eigenvalue weighted by molar-refractivity contribution is 0.0228. The fourth-order valence-electron chi connectivity index (χ4n) is 3.02. The number of rotatable bonds is 12. The van der Waals surface area contributed by atoms with Gasteiger partial charge < -0.3 is 14.2 Å². The lowest BCUT2D eigenvalue weighted by atomic mass is 10.1. The van der Waals surface area contributed by atoms with Gasteiger partial charge in [-0.25, -0.2) is 4.98 Å². The molecule has 0 saturated heterocycles. The van der Waals surface area contributed by atoms with Crippen LogP contribution in [0.5, 0.6) is 5.75 Å². The molecule has 2 heterocycles. The molecule has 10 heteroatoms. The highest BCUT2D eigenvalue weighted by atomic mass is 32.1. The van der Waals surface area contributed by atoms with Gasteiger partial charge in [0.15, 0.2) is 6.79 Å². The first-order chi connectivity index (χ1) is 15.5. The van der Waals surface area contributed by atoms with Crippen molar-refractivity contribution < 1.29 is 14.2 Å². The first-order valence-corrected chi connectivity index (χ1v) is 19.5. The van der Waals surface area contributed by atoms with Gasteiger partial charge in [0.2, 0.25) is 0 Å². The maximum atomic E-state index is 13.2. The van der Waals surface area contributed by atoms with E-state index < -0.39 is 16.1 Å². The van der Waals surface area contributed by atoms with Crippen molar-refractivity contribution in [3.05, 3.63) is 40.5 Å². The Bertz CT molecular complexity index is 1110. The van der Waals surface area contributed by atoms with Crippen LogP contribution < -0.4 is 10.3 Å². The van der Waals surface area contributed by atoms with Crippen LogP contribution in [-0.4, -0.2) is 50.7 Å². The molecular formula is C23H35N3O4SSi2. The minimum atomic E-state index is -1.19. The fourth-order valence-corrected chi connectivity index (χ4v) is 5.15. The van der Waals surface area contributed by atoms with E-state index in [1.807, 2.05) is 12.1 Å². The standard InChI is InChI=1S/C23H35N3O4SSi2/c1-32(2,3)9-7-28-16-26-14-25-22-19(23(26)27)11-18(21-13-24-15-31-21)12-20(22)30-17-29-8-10-33(4,5)6/h11-15H,7-10,16-17H2,1-6H3. The molecule has 0 spiro atoms. The smallest absolute Gasteiger partial charge is 0.263 e. The molecule has 0 aliphatic rings. The Morgan fingerprint density at radius 3 is 2.33 bits per heavy atom. The molecule has 0 saturated carbocycles. The molecule has 0 aliphatic heterocycles. The van der Waals surface area contributed by atoms with Gasteiger partial charge in [0, 0.05) is 35.6 Å². The molecule has 0 amide bonds. The maximum Gasteiger partial charge on any atom is 0.263 e. The van der Waals surface area contributed by atoms with Crippen LogP contribution in [0, 0.1) is 0 Å². The molecule has 0 bridgehead atoms. The van der Waals surface area contributed by atoms with Crippen molar-refractivity contribution in [1.82, 2.24) is 14.5 Å². The van der Waals surface area contributed by atoms with Gasteiger partial charge in [0.1, 0.15) is 24.3 Å². The number of thiazole rings is 1. The molecule has 33 heavy (non-hydrogen) atoms. The van der Waals surface area contributed by atoms with E-state index in [9.17, 15) is 4.79 Å². The molecule has 7 nitrogen and oxygen atoms in total. The van der Waals surface area contributed by atoms with E-state index in [1.165, 1.54) is 22.2 Å². The first kappa shape index (κ1) is 25.8. The first-order valence-electron chi connectivity index (χ1n) is 11.2. The third-order valence-corrected chi connectivity index (χ3v) is 9.36. The molecule has 0 aliphatic carbocycles. The highest BCUT2D eigenvalue weighted by Crippen LogP contribution is 2.32. The predicted molar refractivity (Wildman–Crippen MR) is 141 cm³/mol. The maximum absolute atomic E-state index is 13.2. The molecule has 3 aromatic rings. The molecular weight excluding hydrogens is 471 g/mol. The lowest BCUT2D eigenvalue weighted by Gasteiger charge is -2.17. The van der Waals surface area contributed by atoms with Crippen molar-refractivity contribution in [2.45, 2.75) is 58.1 Å². The van der Waals surface area contributed by atoms with Crippen molar-refractivity contribution in [1.29, 1.82) is 0 Å². The van der Waals surface area contributed by atoms with Crippen molar-refractivity contribution in [3.8, 4) is 16.2 Å². The molecule has 0 unspecified atom stereocenters. The Morgan fingerprint density at radius 1 is 1.00 bits per heavy atom. The van der Waals surface area contributed by atoms with Gasteiger partial charge in [-0.3, -0.25) is 14.3 Å². The van der Waals surface area contributed by atoms with Crippen molar-refractivity contribution >= 4 is 38.4 Å². The second-order valence-electron chi connectivity index (χ2n) is 10.6. The third-order valence-electron chi connectivity index (χ3n) is 5.13. The Labute approximate surface area is 201 Å². The fraction of sp³-hybridized carbons (Fsp3) is 0.522. The number of fused-ring (bicyclic) bond motifs is 1. The number of hydrogen-bond acceptors (Lipinski definition) is 7. The summed E-state index contributed by atoms with van der Waals surface area (Å²) >= 11 is 1.51. The second kappa shape index (κ2) is 11.0. The zero-order valence-electron chi connectivity index (χ0n) is 20.5. The number of ether oxygens (including phenoxy) is 3. The van der Waals surface area contributed by atoms with E-state index in [-0.39, 0.29) is 19.1 Å². The number of benzene rings is 1. The van der Waals surface area contributed by atoms with E-state index >= 15 is 0 Å². The number of nitrogens with zero attached hydrogens (tertiary/aromatic N) is 3. The minimum Gasteiger partial charge on any atom is -0.465 e. The van der Waals surface area contributed by atoms with Gasteiger partial charge in [0.25, 0.3) is 5.56 Å². The second-order valence-corrected chi connectivity index (χ2v) is 22.7. The topological polar surface area (TPSA) is 75.5 Å². The van der Waals surface area contributed by atoms with E-state index in [4.69, 9.17) is 14.2 Å². The Morgan fingerprint density at radius 2 is 1.70 bits per heavy atom. The summed E-state index contributed by atoms with van der Waals surface area (Å²) in [6, 6.07) is 5.88. The normalized spacial score (nSPS) is 12.4. The van der Waals surface area contributed by atoms with Crippen molar-refractivity contribution in [2.75, 3.05) is 20.0 Å². The van der Waals surface area contributed by atoms with Crippen LogP contribution in [0.1, 0.15) is 0 Å². The van der Waals surface area contributed by atoms with Crippen molar-refractivity contribution in [3.63, 3.8) is 0 Å². The molecule has 0 fully saturated rings. The van der Waals surface area contributed by atoms with Gasteiger partial charge in [-0.1, -0.05) is 39.3 Å². The SMILES string of the molecule is C[Si](C)(C)CCOCOc1cc(-c2cncs2)cc2c(=O)n(COCC[Si](C)(C)C)cnc12. The van der Waals surface area contributed by atoms with Crippen LogP contribution in [0.15, 0.2) is 35.0 Å². The molecule has 3 rings (SSSR count). The van der Waals surface area contributed by atoms with E-state index in [0.29, 0.717) is 29.9 Å². The molecule has 1 aromatic carbocycles. The largest absolute Gasteiger partial charge is 0.465 e. The van der Waals surface area contributed by atoms with E-state index in [2.05, 4.69) is 49.3 Å². The average Bonchev–Trinajstić information content (AvgIpc) is 3.25. The molecule has 0 atom stereocenters. The predicted octanol–water partition coefficient (Wildman–Crippen LogP) is 5.52. The van der Waals surface area contributed by atoms with Gasteiger partial charge in [0.05, 0.1) is 15.8 Å². The van der Waals surface area contributed by atoms with Gasteiger partial charge >= 0.3 is 0 Å². The summed E-state index contributed by atoms with van der Waals surface area (Å²) in [5.74, 6) is 0.535. The van der Waals surface area contributed by atoms with Crippen LogP contribution >= 0.6 is 11.3 Å². The quantitative estimate of drug-likeness (QED) is 0.183. The Balaban J connectivity index is 1.82. The zero-order valence-corrected chi connectivity index (χ0v) is 23.3. The highest BCUT2D eigenvalue weighted by molar-refractivity contribution is 7.13. The van der Waals surface area contributed by atoms with Crippen LogP contribution in [0.3, 0.4) is 0 Å². The summed E-state index contributed by atoms with van der Waals surface area (Å²) in [6.07, 6.45) is 3.32. The molecule has 0 radical (unpaired) electrons. The molecule has 2 aromatic heterocycles. The van der Waals surface area contributed by atoms with Crippen LogP contribution in [-0.2, 0) is 16.2 Å². The zero-order chi connectivity index (χ0) is 24.1. The van der Waals surface area contributed by atoms with Crippen LogP contribution in [0.2, 0.25) is 51.4 Å². The minimum absolute atomic E-state index is 0.121. The third kappa shape index (κ3) is 7.85. The Kier molecular flexibility index (Phi) is 8.62. The molecule has 0 N–H and O–H groups in total. The summed E-state index contributed by atoms with van der Waals surface area (Å²) in [6.45, 7) is 15.5. The van der Waals surface area contributed by atoms with Crippen LogP contribution in [0.4, 0.5) is 0 Å². The Hall–Kier alpha value is -1.86. The van der Waals surface area contributed by atoms with Crippen LogP contribution in [0.25, 0.3) is 21.3 Å². The highest BCUT2D eigenvalue weighted by Gasteiger charge is 2.16. The van der Waals surface area contributed by atoms with Crippen molar-refractivity contribution in [2.24, 2.45) is 0 Å². The van der Waals surface area contributed by atoms with Gasteiger partial charge in [-0.05, 0) is 29.8 Å². The summed E-state index contributed by atoms with van der Waals surface area (Å²) in [5.41, 5.74) is 3.02. The average molecular weight is 506 g/mol. The number of aromatic nitrogens is 3. The number of hydrogen-bond donors (Lipinski definition) is 0. The monoisotopic (exact) mass is 505 g/mol. The molecule has 180 valence electrons. The lowest BCUT2D eigenvalue weighted by Crippen LogP contribution is -2.25. The van der Waals surface area contributed by atoms with Gasteiger partial charge in [-0.15, -0.1) is 11.3 Å². The van der Waals surface area contributed by atoms with E-state index in [1.54, 1.807) is 11.7 Å². The summed E-state index contributed by atoms with van der Waals surface area (Å²) < 4.78 is 18.9. The summed E-state index contributed by atoms with van der Waals surface area (Å²) in [7, 11) is -2.35. The van der Waals surface area contributed by atoms with Gasteiger partial charge in [-0.2, -0.15) is 0 Å². The summed E-state index contributed by atoms with van der Waals surface area (Å²) in [4.78, 5) is 22.9. The summed E-state index contributed by atoms with van der Waals surface area (Å²) in [5, 5.41) is 0.495. The van der Waals surface area contributed by atoms with E-state index in [0.717, 1.165) is 22.5 Å².